The molecule has 0 bridgehead atoms. The average molecular weight is 461 g/mol. The normalized spacial score (nSPS) is 11.0. The van der Waals surface area contributed by atoms with E-state index in [1.165, 1.54) is 12.7 Å². The van der Waals surface area contributed by atoms with Crippen LogP contribution in [-0.2, 0) is 9.53 Å². The molecule has 5 nitrogen and oxygen atoms in total. The van der Waals surface area contributed by atoms with E-state index in [1.54, 1.807) is 0 Å². The molecule has 0 aliphatic heterocycles. The minimum absolute atomic E-state index is 0.167. The van der Waals surface area contributed by atoms with E-state index >= 15 is 0 Å². The summed E-state index contributed by atoms with van der Waals surface area (Å²) in [4.78, 5) is 17.0. The SMILES string of the molecule is COC(=O)CCCCCOc1cc(S)c2nc(-c3ccccc3)n(-c3ccc(C)cc3)c2c1. The van der Waals surface area contributed by atoms with Crippen LogP contribution in [0.15, 0.2) is 71.6 Å². The second-order valence-electron chi connectivity index (χ2n) is 8.02. The number of nitrogens with zero attached hydrogens (tertiary/aromatic N) is 2. The van der Waals surface area contributed by atoms with Crippen LogP contribution in [0.5, 0.6) is 5.75 Å². The van der Waals surface area contributed by atoms with Crippen LogP contribution in [0.2, 0.25) is 0 Å². The summed E-state index contributed by atoms with van der Waals surface area (Å²) in [6, 6.07) is 22.5. The van der Waals surface area contributed by atoms with Crippen molar-refractivity contribution in [1.29, 1.82) is 0 Å². The Labute approximate surface area is 199 Å². The molecule has 1 aromatic heterocycles. The van der Waals surface area contributed by atoms with E-state index in [-0.39, 0.29) is 5.97 Å². The topological polar surface area (TPSA) is 53.4 Å². The average Bonchev–Trinajstić information content (AvgIpc) is 3.22. The van der Waals surface area contributed by atoms with Gasteiger partial charge in [-0.25, -0.2) is 4.98 Å². The predicted molar refractivity (Wildman–Crippen MR) is 134 cm³/mol. The lowest BCUT2D eigenvalue weighted by Crippen LogP contribution is -2.02. The van der Waals surface area contributed by atoms with Gasteiger partial charge in [0.05, 0.1) is 19.2 Å². The van der Waals surface area contributed by atoms with Gasteiger partial charge >= 0.3 is 5.97 Å². The van der Waals surface area contributed by atoms with Crippen LogP contribution in [-0.4, -0.2) is 29.2 Å². The summed E-state index contributed by atoms with van der Waals surface area (Å²) in [7, 11) is 1.42. The summed E-state index contributed by atoms with van der Waals surface area (Å²) in [5.74, 6) is 1.46. The van der Waals surface area contributed by atoms with Gasteiger partial charge in [-0.3, -0.25) is 9.36 Å². The second-order valence-corrected chi connectivity index (χ2v) is 8.50. The number of rotatable bonds is 9. The van der Waals surface area contributed by atoms with Crippen molar-refractivity contribution in [1.82, 2.24) is 9.55 Å². The van der Waals surface area contributed by atoms with E-state index in [0.717, 1.165) is 58.0 Å². The van der Waals surface area contributed by atoms with Crippen LogP contribution in [0.25, 0.3) is 28.1 Å². The number of esters is 1. The van der Waals surface area contributed by atoms with Gasteiger partial charge in [0.25, 0.3) is 0 Å². The number of methoxy groups -OCH3 is 1. The predicted octanol–water partition coefficient (Wildman–Crippen LogP) is 6.40. The van der Waals surface area contributed by atoms with Crippen LogP contribution in [0.4, 0.5) is 0 Å². The molecule has 3 aromatic carbocycles. The van der Waals surface area contributed by atoms with Gasteiger partial charge in [0.1, 0.15) is 17.1 Å². The summed E-state index contributed by atoms with van der Waals surface area (Å²) in [5.41, 5.74) is 5.06. The Kier molecular flexibility index (Phi) is 7.35. The molecule has 170 valence electrons. The van der Waals surface area contributed by atoms with Crippen molar-refractivity contribution in [2.24, 2.45) is 0 Å². The number of thiol groups is 1. The summed E-state index contributed by atoms with van der Waals surface area (Å²) in [6.45, 7) is 2.65. The number of aromatic nitrogens is 2. The Morgan fingerprint density at radius 2 is 1.76 bits per heavy atom. The van der Waals surface area contributed by atoms with Gasteiger partial charge in [-0.1, -0.05) is 48.0 Å². The van der Waals surface area contributed by atoms with Crippen molar-refractivity contribution in [3.05, 3.63) is 72.3 Å². The number of ether oxygens (including phenoxy) is 2. The maximum Gasteiger partial charge on any atom is 0.305 e. The minimum atomic E-state index is -0.167. The van der Waals surface area contributed by atoms with E-state index in [0.29, 0.717) is 13.0 Å². The standard InChI is InChI=1S/C27H28N2O3S/c1-19-12-14-21(15-13-19)29-23-17-22(32-16-8-4-7-11-25(30)31-2)18-24(33)26(23)28-27(29)20-9-5-3-6-10-20/h3,5-6,9-10,12-15,17-18,33H,4,7-8,11,16H2,1-2H3. The van der Waals surface area contributed by atoms with E-state index in [9.17, 15) is 4.79 Å². The first kappa shape index (κ1) is 22.9. The Balaban J connectivity index is 1.64. The van der Waals surface area contributed by atoms with Gasteiger partial charge in [0.2, 0.25) is 0 Å². The zero-order valence-electron chi connectivity index (χ0n) is 19.0. The van der Waals surface area contributed by atoms with Crippen LogP contribution >= 0.6 is 12.6 Å². The Morgan fingerprint density at radius 3 is 2.48 bits per heavy atom. The fraction of sp³-hybridized carbons (Fsp3) is 0.259. The molecule has 0 aliphatic rings. The molecule has 0 saturated carbocycles. The lowest BCUT2D eigenvalue weighted by Gasteiger charge is -2.12. The van der Waals surface area contributed by atoms with Crippen LogP contribution < -0.4 is 4.74 Å². The van der Waals surface area contributed by atoms with Crippen molar-refractivity contribution in [3.63, 3.8) is 0 Å². The highest BCUT2D eigenvalue weighted by molar-refractivity contribution is 7.80. The van der Waals surface area contributed by atoms with Crippen LogP contribution in [0.1, 0.15) is 31.2 Å². The molecule has 33 heavy (non-hydrogen) atoms. The molecule has 0 saturated heterocycles. The van der Waals surface area contributed by atoms with Gasteiger partial charge < -0.3 is 9.47 Å². The van der Waals surface area contributed by atoms with E-state index in [2.05, 4.69) is 52.6 Å². The summed E-state index contributed by atoms with van der Waals surface area (Å²) < 4.78 is 12.9. The quantitative estimate of drug-likeness (QED) is 0.178. The highest BCUT2D eigenvalue weighted by Gasteiger charge is 2.17. The highest BCUT2D eigenvalue weighted by atomic mass is 32.1. The first-order valence-corrected chi connectivity index (χ1v) is 11.6. The van der Waals surface area contributed by atoms with E-state index in [1.807, 2.05) is 30.3 Å². The lowest BCUT2D eigenvalue weighted by atomic mass is 10.2. The molecule has 4 rings (SSSR count). The van der Waals surface area contributed by atoms with Gasteiger partial charge in [-0.05, 0) is 44.4 Å². The van der Waals surface area contributed by atoms with Crippen LogP contribution in [0.3, 0.4) is 0 Å². The lowest BCUT2D eigenvalue weighted by molar-refractivity contribution is -0.140. The Hall–Kier alpha value is -3.25. The Bertz CT molecular complexity index is 1230. The molecule has 0 N–H and O–H groups in total. The number of hydrogen-bond acceptors (Lipinski definition) is 5. The third-order valence-corrected chi connectivity index (χ3v) is 5.90. The number of aryl methyl sites for hydroxylation is 1. The van der Waals surface area contributed by atoms with Crippen molar-refractivity contribution < 1.29 is 14.3 Å². The largest absolute Gasteiger partial charge is 0.493 e. The minimum Gasteiger partial charge on any atom is -0.493 e. The summed E-state index contributed by atoms with van der Waals surface area (Å²) >= 11 is 4.73. The number of imidazole rings is 1. The van der Waals surface area contributed by atoms with Crippen LogP contribution in [0, 0.1) is 6.92 Å². The monoisotopic (exact) mass is 460 g/mol. The fourth-order valence-corrected chi connectivity index (χ4v) is 4.09. The number of benzene rings is 3. The van der Waals surface area contributed by atoms with Gasteiger partial charge in [0.15, 0.2) is 0 Å². The zero-order chi connectivity index (χ0) is 23.2. The van der Waals surface area contributed by atoms with Crippen molar-refractivity contribution in [3.8, 4) is 22.8 Å². The molecule has 0 fully saturated rings. The molecule has 0 radical (unpaired) electrons. The van der Waals surface area contributed by atoms with Crippen molar-refractivity contribution >= 4 is 29.6 Å². The zero-order valence-corrected chi connectivity index (χ0v) is 19.8. The second kappa shape index (κ2) is 10.6. The molecule has 0 aliphatic carbocycles. The summed E-state index contributed by atoms with van der Waals surface area (Å²) in [6.07, 6.45) is 3.02. The number of unbranched alkanes of at least 4 members (excludes halogenated alkanes) is 2. The fourth-order valence-electron chi connectivity index (χ4n) is 3.79. The highest BCUT2D eigenvalue weighted by Crippen LogP contribution is 2.34. The molecule has 0 spiro atoms. The smallest absolute Gasteiger partial charge is 0.305 e. The first-order valence-electron chi connectivity index (χ1n) is 11.1. The number of carbonyl (C=O) groups excluding carboxylic acids is 1. The molecular weight excluding hydrogens is 432 g/mol. The van der Waals surface area contributed by atoms with Gasteiger partial charge in [-0.2, -0.15) is 0 Å². The number of carbonyl (C=O) groups is 1. The maximum absolute atomic E-state index is 11.2. The maximum atomic E-state index is 11.2. The number of hydrogen-bond donors (Lipinski definition) is 1. The molecule has 0 amide bonds. The molecule has 0 atom stereocenters. The molecule has 0 unspecified atom stereocenters. The first-order chi connectivity index (χ1) is 16.1. The third kappa shape index (κ3) is 5.40. The van der Waals surface area contributed by atoms with Gasteiger partial charge in [-0.15, -0.1) is 12.6 Å². The van der Waals surface area contributed by atoms with E-state index in [4.69, 9.17) is 22.3 Å². The summed E-state index contributed by atoms with van der Waals surface area (Å²) in [5, 5.41) is 0. The van der Waals surface area contributed by atoms with E-state index < -0.39 is 0 Å². The molecule has 1 heterocycles. The molecular formula is C27H28N2O3S. The number of fused-ring (bicyclic) bond motifs is 1. The molecule has 4 aromatic rings. The van der Waals surface area contributed by atoms with Gasteiger partial charge in [0, 0.05) is 28.6 Å². The Morgan fingerprint density at radius 1 is 1.00 bits per heavy atom. The van der Waals surface area contributed by atoms with Crippen molar-refractivity contribution in [2.75, 3.05) is 13.7 Å². The van der Waals surface area contributed by atoms with Crippen molar-refractivity contribution in [2.45, 2.75) is 37.5 Å². The molecule has 6 heteroatoms. The third-order valence-electron chi connectivity index (χ3n) is 5.56.